The van der Waals surface area contributed by atoms with Gasteiger partial charge in [-0.05, 0) is 56.2 Å². The molecule has 4 rings (SSSR count). The number of hydrogen-bond donors (Lipinski definition) is 1. The Labute approximate surface area is 215 Å². The first-order valence-corrected chi connectivity index (χ1v) is 14.1. The number of amides is 2. The van der Waals surface area contributed by atoms with Crippen molar-refractivity contribution >= 4 is 23.4 Å². The van der Waals surface area contributed by atoms with Crippen LogP contribution in [-0.4, -0.2) is 59.4 Å². The zero-order chi connectivity index (χ0) is 24.8. The number of nitrogens with one attached hydrogen (secondary N) is 1. The predicted molar refractivity (Wildman–Crippen MR) is 140 cm³/mol. The Morgan fingerprint density at radius 3 is 2.51 bits per heavy atom. The van der Waals surface area contributed by atoms with Crippen LogP contribution in [0.5, 0.6) is 5.75 Å². The molecule has 6 nitrogen and oxygen atoms in total. The van der Waals surface area contributed by atoms with Gasteiger partial charge >= 0.3 is 0 Å². The Kier molecular flexibility index (Phi) is 8.98. The molecule has 194 valence electrons. The number of ether oxygens (including phenoxy) is 1. The molecule has 1 unspecified atom stereocenters. The fourth-order valence-corrected chi connectivity index (χ4v) is 6.39. The molecule has 2 aliphatic heterocycles. The van der Waals surface area contributed by atoms with E-state index in [1.807, 2.05) is 30.0 Å². The minimum atomic E-state index is -0.714. The van der Waals surface area contributed by atoms with Gasteiger partial charge in [-0.1, -0.05) is 63.1 Å². The number of carbonyl (C=O) groups excluding carboxylic acids is 2. The van der Waals surface area contributed by atoms with Gasteiger partial charge in [-0.3, -0.25) is 14.5 Å². The summed E-state index contributed by atoms with van der Waals surface area (Å²) in [4.78, 5) is 31.6. The summed E-state index contributed by atoms with van der Waals surface area (Å²) >= 11 is 6.52. The molecule has 2 heterocycles. The summed E-state index contributed by atoms with van der Waals surface area (Å²) in [6, 6.07) is 5.51. The first-order chi connectivity index (χ1) is 17.0. The van der Waals surface area contributed by atoms with Gasteiger partial charge in [0.2, 0.25) is 11.8 Å². The van der Waals surface area contributed by atoms with E-state index in [0.717, 1.165) is 50.2 Å². The van der Waals surface area contributed by atoms with Crippen LogP contribution < -0.4 is 10.1 Å². The predicted octanol–water partition coefficient (Wildman–Crippen LogP) is 5.17. The van der Waals surface area contributed by atoms with E-state index in [0.29, 0.717) is 36.9 Å². The normalized spacial score (nSPS) is 23.5. The van der Waals surface area contributed by atoms with Gasteiger partial charge in [-0.2, -0.15) is 0 Å². The summed E-state index contributed by atoms with van der Waals surface area (Å²) in [5.41, 5.74) is 0.347. The van der Waals surface area contributed by atoms with Gasteiger partial charge in [-0.15, -0.1) is 0 Å². The Morgan fingerprint density at radius 2 is 1.86 bits per heavy atom. The van der Waals surface area contributed by atoms with E-state index in [9.17, 15) is 9.59 Å². The third kappa shape index (κ3) is 5.96. The van der Waals surface area contributed by atoms with Crippen LogP contribution in [0.4, 0.5) is 0 Å². The van der Waals surface area contributed by atoms with E-state index < -0.39 is 5.54 Å². The van der Waals surface area contributed by atoms with Crippen LogP contribution in [0.1, 0.15) is 83.6 Å². The molecule has 35 heavy (non-hydrogen) atoms. The van der Waals surface area contributed by atoms with Crippen molar-refractivity contribution in [3.63, 3.8) is 0 Å². The number of piperidine rings is 1. The number of likely N-dealkylation sites (tertiary alicyclic amines) is 1. The van der Waals surface area contributed by atoms with Crippen LogP contribution in [0.25, 0.3) is 0 Å². The van der Waals surface area contributed by atoms with E-state index in [4.69, 9.17) is 16.3 Å². The van der Waals surface area contributed by atoms with Crippen LogP contribution >= 0.6 is 11.6 Å². The molecule has 3 aliphatic rings. The number of benzene rings is 1. The van der Waals surface area contributed by atoms with E-state index in [1.54, 1.807) is 0 Å². The van der Waals surface area contributed by atoms with E-state index in [-0.39, 0.29) is 17.9 Å². The molecule has 1 N–H and O–H groups in total. The SMILES string of the molecule is CCCCN1C(=O)C(CC2CCCCC2)NC(=O)C12CCN(Cc1ccc(OCC)cc1Cl)CC2. The van der Waals surface area contributed by atoms with Crippen LogP contribution in [-0.2, 0) is 16.1 Å². The highest BCUT2D eigenvalue weighted by Crippen LogP contribution is 2.36. The van der Waals surface area contributed by atoms with Crippen molar-refractivity contribution in [2.24, 2.45) is 5.92 Å². The Hall–Kier alpha value is -1.79. The molecule has 1 atom stereocenters. The third-order valence-corrected chi connectivity index (χ3v) is 8.60. The second kappa shape index (κ2) is 12.0. The topological polar surface area (TPSA) is 61.9 Å². The Bertz CT molecular complexity index is 878. The zero-order valence-electron chi connectivity index (χ0n) is 21.5. The van der Waals surface area contributed by atoms with Crippen LogP contribution in [0.3, 0.4) is 0 Å². The lowest BCUT2D eigenvalue weighted by atomic mass is 9.79. The molecule has 1 spiro atoms. The molecule has 3 fully saturated rings. The Balaban J connectivity index is 1.43. The number of hydrogen-bond acceptors (Lipinski definition) is 4. The van der Waals surface area contributed by atoms with Gasteiger partial charge in [0.1, 0.15) is 17.3 Å². The number of unbranched alkanes of at least 4 members (excludes halogenated alkanes) is 1. The fourth-order valence-electron chi connectivity index (χ4n) is 6.16. The molecule has 1 aromatic rings. The van der Waals surface area contributed by atoms with Crippen LogP contribution in [0, 0.1) is 5.92 Å². The first-order valence-electron chi connectivity index (χ1n) is 13.7. The fraction of sp³-hybridized carbons (Fsp3) is 0.714. The van der Waals surface area contributed by atoms with E-state index in [1.165, 1.54) is 32.1 Å². The summed E-state index contributed by atoms with van der Waals surface area (Å²) in [6.45, 7) is 7.65. The molecule has 2 saturated heterocycles. The maximum absolute atomic E-state index is 13.7. The van der Waals surface area contributed by atoms with Crippen molar-refractivity contribution in [1.82, 2.24) is 15.1 Å². The smallest absolute Gasteiger partial charge is 0.246 e. The lowest BCUT2D eigenvalue weighted by Gasteiger charge is -2.52. The summed E-state index contributed by atoms with van der Waals surface area (Å²) in [5.74, 6) is 1.55. The minimum Gasteiger partial charge on any atom is -0.494 e. The largest absolute Gasteiger partial charge is 0.494 e. The van der Waals surface area contributed by atoms with Gasteiger partial charge in [0.15, 0.2) is 0 Å². The van der Waals surface area contributed by atoms with Crippen LogP contribution in [0.15, 0.2) is 18.2 Å². The molecule has 0 bridgehead atoms. The Morgan fingerprint density at radius 1 is 1.11 bits per heavy atom. The number of rotatable bonds is 9. The molecule has 1 saturated carbocycles. The zero-order valence-corrected chi connectivity index (χ0v) is 22.2. The average Bonchev–Trinajstić information content (AvgIpc) is 2.86. The summed E-state index contributed by atoms with van der Waals surface area (Å²) in [7, 11) is 0. The highest BCUT2D eigenvalue weighted by atomic mass is 35.5. The quantitative estimate of drug-likeness (QED) is 0.505. The van der Waals surface area contributed by atoms with Gasteiger partial charge in [0.05, 0.1) is 6.61 Å². The van der Waals surface area contributed by atoms with Crippen molar-refractivity contribution in [1.29, 1.82) is 0 Å². The molecular formula is C28H42ClN3O3. The minimum absolute atomic E-state index is 0.0627. The molecule has 0 aromatic heterocycles. The van der Waals surface area contributed by atoms with Gasteiger partial charge in [0.25, 0.3) is 0 Å². The van der Waals surface area contributed by atoms with E-state index >= 15 is 0 Å². The molecular weight excluding hydrogens is 462 g/mol. The number of halogens is 1. The highest BCUT2D eigenvalue weighted by molar-refractivity contribution is 6.31. The molecule has 2 amide bonds. The molecule has 7 heteroatoms. The van der Waals surface area contributed by atoms with Crippen molar-refractivity contribution in [2.75, 3.05) is 26.2 Å². The second-order valence-electron chi connectivity index (χ2n) is 10.6. The lowest BCUT2D eigenvalue weighted by Crippen LogP contribution is -2.73. The molecule has 1 aromatic carbocycles. The molecule has 0 radical (unpaired) electrons. The third-order valence-electron chi connectivity index (χ3n) is 8.25. The van der Waals surface area contributed by atoms with Gasteiger partial charge in [-0.25, -0.2) is 0 Å². The number of nitrogens with zero attached hydrogens (tertiary/aromatic N) is 2. The number of carbonyl (C=O) groups is 2. The monoisotopic (exact) mass is 503 g/mol. The maximum atomic E-state index is 13.7. The van der Waals surface area contributed by atoms with Gasteiger partial charge in [0, 0.05) is 31.2 Å². The van der Waals surface area contributed by atoms with E-state index in [2.05, 4.69) is 17.1 Å². The maximum Gasteiger partial charge on any atom is 0.246 e. The molecule has 1 aliphatic carbocycles. The lowest BCUT2D eigenvalue weighted by molar-refractivity contribution is -0.162. The second-order valence-corrected chi connectivity index (χ2v) is 11.0. The highest BCUT2D eigenvalue weighted by Gasteiger charge is 2.53. The average molecular weight is 504 g/mol. The van der Waals surface area contributed by atoms with Crippen molar-refractivity contribution in [3.8, 4) is 5.75 Å². The summed E-state index contributed by atoms with van der Waals surface area (Å²) in [5, 5.41) is 3.89. The number of piperazine rings is 1. The van der Waals surface area contributed by atoms with Crippen molar-refractivity contribution in [3.05, 3.63) is 28.8 Å². The standard InChI is InChI=1S/C28H42ClN3O3/c1-3-5-15-32-26(33)25(18-21-9-7-6-8-10-21)30-27(34)28(32)13-16-31(17-14-28)20-22-11-12-23(35-4-2)19-24(22)29/h11-12,19,21,25H,3-10,13-18,20H2,1-2H3,(H,30,34). The first kappa shape index (κ1) is 26.3. The van der Waals surface area contributed by atoms with Crippen molar-refractivity contribution < 1.29 is 14.3 Å². The summed E-state index contributed by atoms with van der Waals surface area (Å²) < 4.78 is 5.55. The van der Waals surface area contributed by atoms with Crippen LogP contribution in [0.2, 0.25) is 5.02 Å². The van der Waals surface area contributed by atoms with Gasteiger partial charge < -0.3 is 15.0 Å². The summed E-state index contributed by atoms with van der Waals surface area (Å²) in [6.07, 6.45) is 10.2. The van der Waals surface area contributed by atoms with Crippen molar-refractivity contribution in [2.45, 2.75) is 96.2 Å².